The zero-order valence-corrected chi connectivity index (χ0v) is 20.9. The Hall–Kier alpha value is -2.91. The van der Waals surface area contributed by atoms with Gasteiger partial charge in [-0.1, -0.05) is 42.8 Å². The van der Waals surface area contributed by atoms with Crippen molar-refractivity contribution in [2.75, 3.05) is 13.1 Å². The Balaban J connectivity index is 1.56. The largest absolute Gasteiger partial charge is 0.387 e. The summed E-state index contributed by atoms with van der Waals surface area (Å²) in [5.74, 6) is -0.261. The molecule has 0 bridgehead atoms. The highest BCUT2D eigenvalue weighted by molar-refractivity contribution is 7.91. The molecule has 0 amide bonds. The fourth-order valence-electron chi connectivity index (χ4n) is 3.32. The van der Waals surface area contributed by atoms with Crippen LogP contribution in [0.1, 0.15) is 37.0 Å². The molecule has 0 aliphatic carbocycles. The molecule has 7 nitrogen and oxygen atoms in total. The summed E-state index contributed by atoms with van der Waals surface area (Å²) in [4.78, 5) is 21.3. The van der Waals surface area contributed by atoms with E-state index in [1.54, 1.807) is 36.4 Å². The van der Waals surface area contributed by atoms with Gasteiger partial charge in [-0.15, -0.1) is 0 Å². The second-order valence-corrected chi connectivity index (χ2v) is 10.3. The van der Waals surface area contributed by atoms with Crippen LogP contribution >= 0.6 is 11.6 Å². The molecular formula is C26H28ClNO6S. The number of carbonyl (C=O) groups is 1. The molecule has 35 heavy (non-hydrogen) atoms. The van der Waals surface area contributed by atoms with Gasteiger partial charge in [0.25, 0.3) is 0 Å². The van der Waals surface area contributed by atoms with Gasteiger partial charge >= 0.3 is 5.97 Å². The summed E-state index contributed by atoms with van der Waals surface area (Å²) < 4.78 is 26.1. The van der Waals surface area contributed by atoms with Crippen LogP contribution in [0.25, 0.3) is 0 Å². The highest BCUT2D eigenvalue weighted by atomic mass is 35.5. The van der Waals surface area contributed by atoms with E-state index in [0.29, 0.717) is 31.0 Å². The SMILES string of the molecule is CCCC(=O)OOc1ccc(S(=O)(=O)c2cccc(CCNC[C@H](O)c3cccc(Cl)c3)c2)cc1. The minimum Gasteiger partial charge on any atom is -0.387 e. The van der Waals surface area contributed by atoms with E-state index in [1.165, 1.54) is 24.3 Å². The second-order valence-electron chi connectivity index (χ2n) is 7.94. The monoisotopic (exact) mass is 517 g/mol. The lowest BCUT2D eigenvalue weighted by Gasteiger charge is -2.13. The van der Waals surface area contributed by atoms with Crippen LogP contribution in [-0.4, -0.2) is 32.6 Å². The molecule has 0 aliphatic heterocycles. The van der Waals surface area contributed by atoms with Crippen LogP contribution in [0.4, 0.5) is 0 Å². The van der Waals surface area contributed by atoms with Gasteiger partial charge in [-0.05, 0) is 79.0 Å². The number of aliphatic hydroxyl groups excluding tert-OH is 1. The highest BCUT2D eigenvalue weighted by Gasteiger charge is 2.18. The number of carbonyl (C=O) groups excluding carboxylic acids is 1. The number of benzene rings is 3. The zero-order chi connectivity index (χ0) is 25.3. The first kappa shape index (κ1) is 26.7. The van der Waals surface area contributed by atoms with Crippen molar-refractivity contribution in [1.82, 2.24) is 5.32 Å². The third kappa shape index (κ3) is 7.80. The van der Waals surface area contributed by atoms with Crippen molar-refractivity contribution in [2.24, 2.45) is 0 Å². The minimum absolute atomic E-state index is 0.102. The van der Waals surface area contributed by atoms with Crippen molar-refractivity contribution < 1.29 is 28.1 Å². The molecule has 3 rings (SSSR count). The van der Waals surface area contributed by atoms with E-state index in [1.807, 2.05) is 19.1 Å². The van der Waals surface area contributed by atoms with Gasteiger partial charge < -0.3 is 10.4 Å². The Kier molecular flexibility index (Phi) is 9.68. The average Bonchev–Trinajstić information content (AvgIpc) is 2.86. The number of hydrogen-bond donors (Lipinski definition) is 2. The van der Waals surface area contributed by atoms with E-state index >= 15 is 0 Å². The van der Waals surface area contributed by atoms with Crippen LogP contribution in [-0.2, 0) is 25.9 Å². The molecule has 0 radical (unpaired) electrons. The molecule has 186 valence electrons. The van der Waals surface area contributed by atoms with E-state index in [4.69, 9.17) is 16.5 Å². The normalized spacial score (nSPS) is 12.2. The first-order chi connectivity index (χ1) is 16.8. The molecule has 0 unspecified atom stereocenters. The summed E-state index contributed by atoms with van der Waals surface area (Å²) in [6, 6.07) is 19.5. The Bertz CT molecular complexity index is 1230. The lowest BCUT2D eigenvalue weighted by Crippen LogP contribution is -2.23. The minimum atomic E-state index is -3.74. The van der Waals surface area contributed by atoms with Gasteiger partial charge in [0.2, 0.25) is 9.84 Å². The summed E-state index contributed by atoms with van der Waals surface area (Å²) in [5, 5.41) is 14.0. The Morgan fingerprint density at radius 1 is 1.03 bits per heavy atom. The topological polar surface area (TPSA) is 102 Å². The molecule has 0 aromatic heterocycles. The van der Waals surface area contributed by atoms with Crippen LogP contribution < -0.4 is 10.2 Å². The fourth-order valence-corrected chi connectivity index (χ4v) is 4.85. The van der Waals surface area contributed by atoms with Crippen LogP contribution in [0.2, 0.25) is 5.02 Å². The molecule has 9 heteroatoms. The molecule has 2 N–H and O–H groups in total. The van der Waals surface area contributed by atoms with Crippen molar-refractivity contribution >= 4 is 27.4 Å². The maximum absolute atomic E-state index is 13.1. The quantitative estimate of drug-likeness (QED) is 0.204. The van der Waals surface area contributed by atoms with Gasteiger partial charge in [0.1, 0.15) is 0 Å². The standard InChI is InChI=1S/C26H28ClNO6S/c1-2-5-26(30)34-33-22-10-12-23(13-11-22)35(31,32)24-9-3-6-19(16-24)14-15-28-18-25(29)20-7-4-8-21(27)17-20/h3-4,6-13,16-17,25,28-29H,2,5,14-15,18H2,1H3/t25-/m0/s1. The van der Waals surface area contributed by atoms with Crippen LogP contribution in [0, 0.1) is 0 Å². The van der Waals surface area contributed by atoms with Crippen molar-refractivity contribution in [3.05, 3.63) is 88.9 Å². The molecule has 3 aromatic rings. The lowest BCUT2D eigenvalue weighted by molar-refractivity contribution is -0.213. The van der Waals surface area contributed by atoms with E-state index in [2.05, 4.69) is 10.2 Å². The predicted octanol–water partition coefficient (Wildman–Crippen LogP) is 4.68. The van der Waals surface area contributed by atoms with Gasteiger partial charge in [-0.25, -0.2) is 13.2 Å². The Morgan fingerprint density at radius 3 is 2.49 bits per heavy atom. The number of aliphatic hydroxyl groups is 1. The maximum Gasteiger partial charge on any atom is 0.355 e. The summed E-state index contributed by atoms with van der Waals surface area (Å²) in [7, 11) is -3.74. The summed E-state index contributed by atoms with van der Waals surface area (Å²) in [5.41, 5.74) is 1.58. The van der Waals surface area contributed by atoms with Gasteiger partial charge in [0.05, 0.1) is 15.9 Å². The van der Waals surface area contributed by atoms with E-state index < -0.39 is 21.9 Å². The molecule has 0 aliphatic rings. The molecule has 0 saturated carbocycles. The van der Waals surface area contributed by atoms with Gasteiger partial charge in [-0.3, -0.25) is 9.78 Å². The molecular weight excluding hydrogens is 490 g/mol. The van der Waals surface area contributed by atoms with Crippen molar-refractivity contribution in [3.8, 4) is 5.75 Å². The van der Waals surface area contributed by atoms with Gasteiger partial charge in [0.15, 0.2) is 5.75 Å². The number of rotatable bonds is 12. The van der Waals surface area contributed by atoms with E-state index in [9.17, 15) is 18.3 Å². The number of sulfone groups is 1. The highest BCUT2D eigenvalue weighted by Crippen LogP contribution is 2.24. The maximum atomic E-state index is 13.1. The second kappa shape index (κ2) is 12.7. The zero-order valence-electron chi connectivity index (χ0n) is 19.3. The first-order valence-corrected chi connectivity index (χ1v) is 13.1. The number of nitrogens with one attached hydrogen (secondary N) is 1. The average molecular weight is 518 g/mol. The Labute approximate surface area is 210 Å². The van der Waals surface area contributed by atoms with Gasteiger partial charge in [-0.2, -0.15) is 0 Å². The molecule has 0 heterocycles. The van der Waals surface area contributed by atoms with E-state index in [-0.39, 0.29) is 22.0 Å². The van der Waals surface area contributed by atoms with Crippen LogP contribution in [0.15, 0.2) is 82.6 Å². The fraction of sp³-hybridized carbons (Fsp3) is 0.269. The van der Waals surface area contributed by atoms with Crippen LogP contribution in [0.5, 0.6) is 5.75 Å². The molecule has 0 spiro atoms. The molecule has 0 saturated heterocycles. The third-order valence-corrected chi connectivity index (χ3v) is 7.19. The Morgan fingerprint density at radius 2 is 1.77 bits per heavy atom. The van der Waals surface area contributed by atoms with Crippen molar-refractivity contribution in [1.29, 1.82) is 0 Å². The summed E-state index contributed by atoms with van der Waals surface area (Å²) in [6.07, 6.45) is 0.768. The predicted molar refractivity (Wildman–Crippen MR) is 133 cm³/mol. The van der Waals surface area contributed by atoms with E-state index in [0.717, 1.165) is 11.1 Å². The molecule has 0 fully saturated rings. The van der Waals surface area contributed by atoms with Gasteiger partial charge in [0, 0.05) is 18.0 Å². The third-order valence-electron chi connectivity index (χ3n) is 5.19. The number of hydrogen-bond acceptors (Lipinski definition) is 7. The van der Waals surface area contributed by atoms with Crippen molar-refractivity contribution in [2.45, 2.75) is 42.1 Å². The molecule has 1 atom stereocenters. The first-order valence-electron chi connectivity index (χ1n) is 11.3. The summed E-state index contributed by atoms with van der Waals surface area (Å²) in [6.45, 7) is 2.75. The lowest BCUT2D eigenvalue weighted by atomic mass is 10.1. The smallest absolute Gasteiger partial charge is 0.355 e. The van der Waals surface area contributed by atoms with Crippen molar-refractivity contribution in [3.63, 3.8) is 0 Å². The number of halogens is 1. The summed E-state index contributed by atoms with van der Waals surface area (Å²) >= 11 is 5.97. The van der Waals surface area contributed by atoms with Crippen LogP contribution in [0.3, 0.4) is 0 Å². The molecule has 3 aromatic carbocycles.